The van der Waals surface area contributed by atoms with Gasteiger partial charge < -0.3 is 5.32 Å². The fraction of sp³-hybridized carbons (Fsp3) is 0.385. The number of hydrogen-bond acceptors (Lipinski definition) is 2. The van der Waals surface area contributed by atoms with Crippen molar-refractivity contribution in [3.05, 3.63) is 33.1 Å². The van der Waals surface area contributed by atoms with Gasteiger partial charge in [0.05, 0.1) is 9.72 Å². The molecule has 0 fully saturated rings. The number of halogens is 2. The van der Waals surface area contributed by atoms with E-state index in [9.17, 15) is 0 Å². The summed E-state index contributed by atoms with van der Waals surface area (Å²) in [7, 11) is 0. The highest BCUT2D eigenvalue weighted by molar-refractivity contribution is 7.18. The van der Waals surface area contributed by atoms with Crippen molar-refractivity contribution in [2.45, 2.75) is 19.8 Å². The third-order valence-corrected chi connectivity index (χ3v) is 4.50. The first kappa shape index (κ1) is 13.2. The van der Waals surface area contributed by atoms with Crippen molar-refractivity contribution in [1.29, 1.82) is 0 Å². The summed E-state index contributed by atoms with van der Waals surface area (Å²) >= 11 is 14.1. The average molecular weight is 288 g/mol. The van der Waals surface area contributed by atoms with E-state index in [1.165, 1.54) is 5.56 Å². The first-order chi connectivity index (χ1) is 8.24. The van der Waals surface area contributed by atoms with Crippen LogP contribution in [0.15, 0.2) is 17.5 Å². The Kier molecular flexibility index (Phi) is 4.69. The molecule has 92 valence electrons. The molecule has 0 bridgehead atoms. The predicted molar refractivity (Wildman–Crippen MR) is 78.7 cm³/mol. The zero-order valence-electron chi connectivity index (χ0n) is 9.72. The summed E-state index contributed by atoms with van der Waals surface area (Å²) in [4.78, 5) is 0. The van der Waals surface area contributed by atoms with Gasteiger partial charge in [-0.15, -0.1) is 11.3 Å². The minimum Gasteiger partial charge on any atom is -0.316 e. The number of fused-ring (bicyclic) bond motifs is 1. The number of hydrogen-bond donors (Lipinski definition) is 1. The van der Waals surface area contributed by atoms with Crippen molar-refractivity contribution >= 4 is 44.6 Å². The Morgan fingerprint density at radius 1 is 1.18 bits per heavy atom. The molecule has 2 rings (SSSR count). The Morgan fingerprint density at radius 3 is 2.71 bits per heavy atom. The molecule has 17 heavy (non-hydrogen) atoms. The number of nitrogens with one attached hydrogen (secondary N) is 1. The van der Waals surface area contributed by atoms with Gasteiger partial charge in [0.25, 0.3) is 0 Å². The minimum atomic E-state index is 0.794. The molecule has 4 heteroatoms. The van der Waals surface area contributed by atoms with Crippen LogP contribution >= 0.6 is 34.5 Å². The molecular weight excluding hydrogens is 273 g/mol. The fourth-order valence-electron chi connectivity index (χ4n) is 1.85. The molecule has 1 aromatic heterocycles. The van der Waals surface area contributed by atoms with Crippen LogP contribution in [0.3, 0.4) is 0 Å². The quantitative estimate of drug-likeness (QED) is 0.783. The molecule has 2 aromatic rings. The first-order valence-corrected chi connectivity index (χ1v) is 7.42. The Hall–Kier alpha value is -0.280. The maximum Gasteiger partial charge on any atom is 0.0585 e. The van der Waals surface area contributed by atoms with E-state index in [4.69, 9.17) is 23.2 Å². The molecule has 1 aromatic carbocycles. The molecule has 0 atom stereocenters. The largest absolute Gasteiger partial charge is 0.316 e. The summed E-state index contributed by atoms with van der Waals surface area (Å²) in [6, 6.07) is 3.74. The zero-order chi connectivity index (χ0) is 12.3. The van der Waals surface area contributed by atoms with Gasteiger partial charge in [0.2, 0.25) is 0 Å². The maximum absolute atomic E-state index is 6.24. The van der Waals surface area contributed by atoms with Crippen molar-refractivity contribution in [3.8, 4) is 0 Å². The van der Waals surface area contributed by atoms with Crippen LogP contribution in [0.1, 0.15) is 18.9 Å². The van der Waals surface area contributed by atoms with E-state index in [2.05, 4.69) is 17.6 Å². The highest BCUT2D eigenvalue weighted by Crippen LogP contribution is 2.37. The smallest absolute Gasteiger partial charge is 0.0585 e. The highest BCUT2D eigenvalue weighted by atomic mass is 35.5. The third-order valence-electron chi connectivity index (χ3n) is 2.70. The number of benzene rings is 1. The Bertz CT molecular complexity index is 507. The molecule has 1 heterocycles. The van der Waals surface area contributed by atoms with Gasteiger partial charge in [-0.3, -0.25) is 0 Å². The summed E-state index contributed by atoms with van der Waals surface area (Å²) in [5, 5.41) is 8.29. The summed E-state index contributed by atoms with van der Waals surface area (Å²) < 4.78 is 1.10. The van der Waals surface area contributed by atoms with Crippen LogP contribution in [-0.2, 0) is 6.42 Å². The third kappa shape index (κ3) is 2.94. The first-order valence-electron chi connectivity index (χ1n) is 5.78. The van der Waals surface area contributed by atoms with Crippen LogP contribution in [0, 0.1) is 0 Å². The van der Waals surface area contributed by atoms with Gasteiger partial charge in [0.1, 0.15) is 0 Å². The summed E-state index contributed by atoms with van der Waals surface area (Å²) in [6.45, 7) is 4.22. The molecule has 0 saturated carbocycles. The molecule has 0 aliphatic heterocycles. The van der Waals surface area contributed by atoms with E-state index >= 15 is 0 Å². The second-order valence-corrected chi connectivity index (χ2v) is 5.69. The molecule has 0 amide bonds. The molecule has 0 spiro atoms. The number of rotatable bonds is 5. The van der Waals surface area contributed by atoms with Crippen LogP contribution in [0.2, 0.25) is 10.0 Å². The Balaban J connectivity index is 2.20. The zero-order valence-corrected chi connectivity index (χ0v) is 12.1. The lowest BCUT2D eigenvalue weighted by Gasteiger charge is -2.03. The maximum atomic E-state index is 6.24. The lowest BCUT2D eigenvalue weighted by Crippen LogP contribution is -2.17. The predicted octanol–water partition coefficient (Wildman–Crippen LogP) is 4.75. The van der Waals surface area contributed by atoms with E-state index in [1.807, 2.05) is 12.1 Å². The molecule has 1 nitrogen and oxygen atoms in total. The standard InChI is InChI=1S/C13H15Cl2NS/c1-2-6-16-7-5-9-8-17-13-11(15)4-3-10(14)12(9)13/h3-4,8,16H,2,5-7H2,1H3. The SMILES string of the molecule is CCCNCCc1csc2c(Cl)ccc(Cl)c12. The number of thiophene rings is 1. The molecule has 1 N–H and O–H groups in total. The normalized spacial score (nSPS) is 11.2. The van der Waals surface area contributed by atoms with Crippen molar-refractivity contribution in [2.24, 2.45) is 0 Å². The van der Waals surface area contributed by atoms with Gasteiger partial charge in [-0.25, -0.2) is 0 Å². The molecule has 0 aliphatic rings. The van der Waals surface area contributed by atoms with E-state index in [1.54, 1.807) is 11.3 Å². The molecule has 0 saturated heterocycles. The van der Waals surface area contributed by atoms with Crippen LogP contribution in [0.5, 0.6) is 0 Å². The Labute approximate surface area is 116 Å². The van der Waals surface area contributed by atoms with Gasteiger partial charge in [0.15, 0.2) is 0 Å². The Morgan fingerprint density at radius 2 is 1.94 bits per heavy atom. The van der Waals surface area contributed by atoms with E-state index in [-0.39, 0.29) is 0 Å². The van der Waals surface area contributed by atoms with Crippen molar-refractivity contribution < 1.29 is 0 Å². The van der Waals surface area contributed by atoms with E-state index in [0.717, 1.165) is 46.1 Å². The fourth-order valence-corrected chi connectivity index (χ4v) is 3.51. The van der Waals surface area contributed by atoms with Gasteiger partial charge in [-0.05, 0) is 49.0 Å². The summed E-state index contributed by atoms with van der Waals surface area (Å²) in [5.74, 6) is 0. The van der Waals surface area contributed by atoms with Gasteiger partial charge >= 0.3 is 0 Å². The van der Waals surface area contributed by atoms with E-state index < -0.39 is 0 Å². The highest BCUT2D eigenvalue weighted by Gasteiger charge is 2.10. The van der Waals surface area contributed by atoms with Gasteiger partial charge in [-0.1, -0.05) is 30.1 Å². The van der Waals surface area contributed by atoms with Gasteiger partial charge in [-0.2, -0.15) is 0 Å². The lowest BCUT2D eigenvalue weighted by molar-refractivity contribution is 0.673. The van der Waals surface area contributed by atoms with Crippen LogP contribution in [0.4, 0.5) is 0 Å². The van der Waals surface area contributed by atoms with Crippen molar-refractivity contribution in [3.63, 3.8) is 0 Å². The molecule has 0 unspecified atom stereocenters. The second-order valence-electron chi connectivity index (χ2n) is 3.99. The summed E-state index contributed by atoms with van der Waals surface area (Å²) in [6.07, 6.45) is 2.16. The van der Waals surface area contributed by atoms with Crippen LogP contribution in [0.25, 0.3) is 10.1 Å². The van der Waals surface area contributed by atoms with Crippen molar-refractivity contribution in [2.75, 3.05) is 13.1 Å². The molecular formula is C13H15Cl2NS. The average Bonchev–Trinajstić information content (AvgIpc) is 2.75. The monoisotopic (exact) mass is 287 g/mol. The topological polar surface area (TPSA) is 12.0 Å². The van der Waals surface area contributed by atoms with Crippen LogP contribution in [-0.4, -0.2) is 13.1 Å². The molecule has 0 aliphatic carbocycles. The second kappa shape index (κ2) is 6.05. The summed E-state index contributed by atoms with van der Waals surface area (Å²) in [5.41, 5.74) is 1.29. The molecule has 0 radical (unpaired) electrons. The van der Waals surface area contributed by atoms with Gasteiger partial charge in [0, 0.05) is 10.4 Å². The van der Waals surface area contributed by atoms with Crippen molar-refractivity contribution in [1.82, 2.24) is 5.32 Å². The van der Waals surface area contributed by atoms with E-state index in [0.29, 0.717) is 0 Å². The lowest BCUT2D eigenvalue weighted by atomic mass is 10.1. The minimum absolute atomic E-state index is 0.794. The van der Waals surface area contributed by atoms with Crippen LogP contribution < -0.4 is 5.32 Å².